The lowest BCUT2D eigenvalue weighted by atomic mass is 10.1. The molecule has 5 nitrogen and oxygen atoms in total. The van der Waals surface area contributed by atoms with Gasteiger partial charge in [-0.05, 0) is 24.3 Å². The van der Waals surface area contributed by atoms with E-state index in [0.717, 1.165) is 31.0 Å². The van der Waals surface area contributed by atoms with Gasteiger partial charge in [-0.3, -0.25) is 4.79 Å². The predicted molar refractivity (Wildman–Crippen MR) is 86.7 cm³/mol. The molecule has 0 bridgehead atoms. The summed E-state index contributed by atoms with van der Waals surface area (Å²) in [5.74, 6) is -0.0918. The van der Waals surface area contributed by atoms with Crippen molar-refractivity contribution in [2.75, 3.05) is 36.5 Å². The number of alkyl halides is 3. The maximum Gasteiger partial charge on any atom is 0.417 e. The zero-order chi connectivity index (χ0) is 17.9. The van der Waals surface area contributed by atoms with Gasteiger partial charge in [0.1, 0.15) is 5.82 Å². The summed E-state index contributed by atoms with van der Waals surface area (Å²) < 4.78 is 44.3. The number of rotatable bonds is 3. The van der Waals surface area contributed by atoms with Crippen LogP contribution in [0.3, 0.4) is 0 Å². The first-order valence-electron chi connectivity index (χ1n) is 7.71. The number of anilines is 2. The van der Waals surface area contributed by atoms with Gasteiger partial charge in [-0.1, -0.05) is 12.1 Å². The number of halogens is 3. The minimum atomic E-state index is -4.59. The standard InChI is InChI=1S/C17H16F3N3O2/c18-17(19,20)14-4-2-1-3-13(14)16(24)22-12-5-6-15(21-11-12)23-7-9-25-10-8-23/h1-6,11H,7-10H2,(H,22,24). The van der Waals surface area contributed by atoms with Crippen LogP contribution in [-0.2, 0) is 10.9 Å². The van der Waals surface area contributed by atoms with Gasteiger partial charge in [0, 0.05) is 13.1 Å². The van der Waals surface area contributed by atoms with Crippen molar-refractivity contribution in [1.82, 2.24) is 4.98 Å². The van der Waals surface area contributed by atoms with Gasteiger partial charge in [0.2, 0.25) is 0 Å². The Morgan fingerprint density at radius 1 is 1.12 bits per heavy atom. The molecule has 1 aromatic carbocycles. The minimum absolute atomic E-state index is 0.332. The lowest BCUT2D eigenvalue weighted by molar-refractivity contribution is -0.137. The summed E-state index contributed by atoms with van der Waals surface area (Å²) in [5.41, 5.74) is -1.06. The van der Waals surface area contributed by atoms with Crippen LogP contribution < -0.4 is 10.2 Å². The fraction of sp³-hybridized carbons (Fsp3) is 0.294. The van der Waals surface area contributed by atoms with Crippen molar-refractivity contribution in [2.24, 2.45) is 0 Å². The Kier molecular flexibility index (Phi) is 4.89. The van der Waals surface area contributed by atoms with Crippen molar-refractivity contribution in [2.45, 2.75) is 6.18 Å². The molecule has 1 N–H and O–H groups in total. The third-order valence-corrected chi connectivity index (χ3v) is 3.82. The topological polar surface area (TPSA) is 54.5 Å². The molecule has 0 spiro atoms. The zero-order valence-corrected chi connectivity index (χ0v) is 13.2. The highest BCUT2D eigenvalue weighted by Gasteiger charge is 2.34. The van der Waals surface area contributed by atoms with Crippen LogP contribution in [0.1, 0.15) is 15.9 Å². The largest absolute Gasteiger partial charge is 0.417 e. The van der Waals surface area contributed by atoms with Gasteiger partial charge in [-0.15, -0.1) is 0 Å². The second-order valence-corrected chi connectivity index (χ2v) is 5.50. The van der Waals surface area contributed by atoms with E-state index in [4.69, 9.17) is 4.74 Å². The molecule has 2 aromatic rings. The van der Waals surface area contributed by atoms with E-state index in [1.165, 1.54) is 18.3 Å². The van der Waals surface area contributed by atoms with Crippen molar-refractivity contribution < 1.29 is 22.7 Å². The van der Waals surface area contributed by atoms with E-state index in [0.29, 0.717) is 18.9 Å². The van der Waals surface area contributed by atoms with Crippen LogP contribution in [0.5, 0.6) is 0 Å². The SMILES string of the molecule is O=C(Nc1ccc(N2CCOCC2)nc1)c1ccccc1C(F)(F)F. The number of ether oxygens (including phenoxy) is 1. The molecule has 0 aliphatic carbocycles. The van der Waals surface area contributed by atoms with Crippen molar-refractivity contribution in [3.05, 3.63) is 53.7 Å². The summed E-state index contributed by atoms with van der Waals surface area (Å²) in [5, 5.41) is 2.46. The summed E-state index contributed by atoms with van der Waals surface area (Å²) in [7, 11) is 0. The number of pyridine rings is 1. The van der Waals surface area contributed by atoms with Crippen molar-refractivity contribution in [3.63, 3.8) is 0 Å². The van der Waals surface area contributed by atoms with Gasteiger partial charge in [0.05, 0.1) is 36.2 Å². The lowest BCUT2D eigenvalue weighted by Crippen LogP contribution is -2.36. The summed E-state index contributed by atoms with van der Waals surface area (Å²) in [6.45, 7) is 2.68. The molecule has 25 heavy (non-hydrogen) atoms. The maximum atomic E-state index is 13.0. The normalized spacial score (nSPS) is 15.1. The number of carbonyl (C=O) groups is 1. The molecule has 1 aromatic heterocycles. The summed E-state index contributed by atoms with van der Waals surface area (Å²) in [4.78, 5) is 18.5. The highest BCUT2D eigenvalue weighted by atomic mass is 19.4. The quantitative estimate of drug-likeness (QED) is 0.923. The highest BCUT2D eigenvalue weighted by molar-refractivity contribution is 6.05. The molecular weight excluding hydrogens is 335 g/mol. The van der Waals surface area contributed by atoms with Crippen LogP contribution in [0.25, 0.3) is 0 Å². The van der Waals surface area contributed by atoms with E-state index in [2.05, 4.69) is 10.3 Å². The number of nitrogens with one attached hydrogen (secondary N) is 1. The lowest BCUT2D eigenvalue weighted by Gasteiger charge is -2.27. The Morgan fingerprint density at radius 2 is 1.84 bits per heavy atom. The van der Waals surface area contributed by atoms with Crippen LogP contribution in [0.4, 0.5) is 24.7 Å². The molecule has 0 saturated carbocycles. The molecule has 1 fully saturated rings. The Balaban J connectivity index is 1.73. The Hall–Kier alpha value is -2.61. The highest BCUT2D eigenvalue weighted by Crippen LogP contribution is 2.32. The monoisotopic (exact) mass is 351 g/mol. The molecule has 1 aliphatic heterocycles. The molecular formula is C17H16F3N3O2. The fourth-order valence-electron chi connectivity index (χ4n) is 2.57. The number of aromatic nitrogens is 1. The number of morpholine rings is 1. The zero-order valence-electron chi connectivity index (χ0n) is 13.2. The molecule has 3 rings (SSSR count). The van der Waals surface area contributed by atoms with Crippen LogP contribution >= 0.6 is 0 Å². The van der Waals surface area contributed by atoms with Crippen LogP contribution in [0.15, 0.2) is 42.6 Å². The number of hydrogen-bond acceptors (Lipinski definition) is 4. The minimum Gasteiger partial charge on any atom is -0.378 e. The maximum absolute atomic E-state index is 13.0. The average Bonchev–Trinajstić information content (AvgIpc) is 2.62. The molecule has 1 saturated heterocycles. The van der Waals surface area contributed by atoms with Crippen LogP contribution in [0, 0.1) is 0 Å². The fourth-order valence-corrected chi connectivity index (χ4v) is 2.57. The van der Waals surface area contributed by atoms with E-state index in [1.807, 2.05) is 4.90 Å². The summed E-state index contributed by atoms with van der Waals surface area (Å²) >= 11 is 0. The predicted octanol–water partition coefficient (Wildman–Crippen LogP) is 3.19. The van der Waals surface area contributed by atoms with E-state index >= 15 is 0 Å². The first-order chi connectivity index (χ1) is 11.9. The number of benzene rings is 1. The number of amides is 1. The third-order valence-electron chi connectivity index (χ3n) is 3.82. The Morgan fingerprint density at radius 3 is 2.48 bits per heavy atom. The van der Waals surface area contributed by atoms with Gasteiger partial charge in [-0.2, -0.15) is 13.2 Å². The molecule has 8 heteroatoms. The summed E-state index contributed by atoms with van der Waals surface area (Å²) in [6.07, 6.45) is -3.16. The Bertz CT molecular complexity index is 742. The third kappa shape index (κ3) is 4.08. The first-order valence-corrected chi connectivity index (χ1v) is 7.71. The average molecular weight is 351 g/mol. The van der Waals surface area contributed by atoms with Gasteiger partial charge < -0.3 is 15.0 Å². The second kappa shape index (κ2) is 7.10. The van der Waals surface area contributed by atoms with Crippen LogP contribution in [-0.4, -0.2) is 37.2 Å². The van der Waals surface area contributed by atoms with Gasteiger partial charge in [0.25, 0.3) is 5.91 Å². The van der Waals surface area contributed by atoms with Gasteiger partial charge in [-0.25, -0.2) is 4.98 Å². The number of hydrogen-bond donors (Lipinski definition) is 1. The number of nitrogens with zero attached hydrogens (tertiary/aromatic N) is 2. The van der Waals surface area contributed by atoms with E-state index < -0.39 is 23.2 Å². The van der Waals surface area contributed by atoms with E-state index in [-0.39, 0.29) is 0 Å². The van der Waals surface area contributed by atoms with Gasteiger partial charge >= 0.3 is 6.18 Å². The molecule has 132 valence electrons. The van der Waals surface area contributed by atoms with Crippen molar-refractivity contribution in [1.29, 1.82) is 0 Å². The summed E-state index contributed by atoms with van der Waals surface area (Å²) in [6, 6.07) is 8.01. The molecule has 2 heterocycles. The molecule has 0 atom stereocenters. The molecule has 1 aliphatic rings. The number of carbonyl (C=O) groups excluding carboxylic acids is 1. The molecule has 0 radical (unpaired) electrons. The Labute approximate surface area is 142 Å². The second-order valence-electron chi connectivity index (χ2n) is 5.50. The first kappa shape index (κ1) is 17.2. The molecule has 1 amide bonds. The van der Waals surface area contributed by atoms with Crippen LogP contribution in [0.2, 0.25) is 0 Å². The molecule has 0 unspecified atom stereocenters. The van der Waals surface area contributed by atoms with E-state index in [9.17, 15) is 18.0 Å². The van der Waals surface area contributed by atoms with Crippen molar-refractivity contribution in [3.8, 4) is 0 Å². The van der Waals surface area contributed by atoms with Crippen molar-refractivity contribution >= 4 is 17.4 Å². The van der Waals surface area contributed by atoms with E-state index in [1.54, 1.807) is 12.1 Å². The smallest absolute Gasteiger partial charge is 0.378 e. The van der Waals surface area contributed by atoms with Gasteiger partial charge in [0.15, 0.2) is 0 Å².